The molecule has 3 rings (SSSR count). The van der Waals surface area contributed by atoms with Gasteiger partial charge in [0.25, 0.3) is 0 Å². The number of aromatic nitrogens is 2. The molecule has 0 saturated carbocycles. The van der Waals surface area contributed by atoms with Crippen LogP contribution < -0.4 is 10.6 Å². The molecule has 3 heterocycles. The predicted molar refractivity (Wildman–Crippen MR) is 84.5 cm³/mol. The third-order valence-corrected chi connectivity index (χ3v) is 4.63. The molecule has 2 N–H and O–H groups in total. The molecular formula is C15H20N4O2S. The number of carbonyl (C=O) groups excluding carboxylic acids is 1. The standard InChI is InChI=1S/C15H20N4O2S/c1-10-8-16-6-4-12(10)17-13(20)2-3-14-18-15(19-21-14)11-5-7-22-9-11/h5,7,9-10,12,16H,2-4,6,8H2,1H3,(H,17,20). The first-order valence-electron chi connectivity index (χ1n) is 7.57. The number of rotatable bonds is 5. The minimum Gasteiger partial charge on any atom is -0.353 e. The van der Waals surface area contributed by atoms with Crippen LogP contribution in [0.2, 0.25) is 0 Å². The van der Waals surface area contributed by atoms with Gasteiger partial charge in [-0.15, -0.1) is 0 Å². The van der Waals surface area contributed by atoms with Crippen LogP contribution in [-0.4, -0.2) is 35.2 Å². The van der Waals surface area contributed by atoms with Crippen molar-refractivity contribution in [3.05, 3.63) is 22.7 Å². The molecule has 6 nitrogen and oxygen atoms in total. The first-order chi connectivity index (χ1) is 10.7. The lowest BCUT2D eigenvalue weighted by Gasteiger charge is -2.30. The van der Waals surface area contributed by atoms with E-state index in [0.29, 0.717) is 30.5 Å². The number of aryl methyl sites for hydroxylation is 1. The first-order valence-corrected chi connectivity index (χ1v) is 8.52. The molecule has 0 radical (unpaired) electrons. The van der Waals surface area contributed by atoms with Crippen LogP contribution in [0.1, 0.15) is 25.7 Å². The predicted octanol–water partition coefficient (Wildman–Crippen LogP) is 1.84. The van der Waals surface area contributed by atoms with Gasteiger partial charge in [0.05, 0.1) is 0 Å². The Hall–Kier alpha value is -1.73. The second kappa shape index (κ2) is 7.02. The molecule has 1 aliphatic rings. The summed E-state index contributed by atoms with van der Waals surface area (Å²) in [6, 6.07) is 2.21. The van der Waals surface area contributed by atoms with E-state index < -0.39 is 0 Å². The van der Waals surface area contributed by atoms with Crippen LogP contribution in [0.5, 0.6) is 0 Å². The Labute approximate surface area is 133 Å². The van der Waals surface area contributed by atoms with Crippen molar-refractivity contribution in [2.45, 2.75) is 32.2 Å². The lowest BCUT2D eigenvalue weighted by molar-refractivity contribution is -0.122. The maximum Gasteiger partial charge on any atom is 0.227 e. The summed E-state index contributed by atoms with van der Waals surface area (Å²) in [6.07, 6.45) is 1.83. The maximum atomic E-state index is 12.0. The highest BCUT2D eigenvalue weighted by atomic mass is 32.1. The summed E-state index contributed by atoms with van der Waals surface area (Å²) in [5, 5.41) is 14.3. The van der Waals surface area contributed by atoms with Gasteiger partial charge in [-0.3, -0.25) is 4.79 Å². The topological polar surface area (TPSA) is 80.0 Å². The Morgan fingerprint density at radius 1 is 1.59 bits per heavy atom. The Morgan fingerprint density at radius 3 is 3.27 bits per heavy atom. The van der Waals surface area contributed by atoms with Crippen molar-refractivity contribution in [3.63, 3.8) is 0 Å². The summed E-state index contributed by atoms with van der Waals surface area (Å²) < 4.78 is 5.20. The molecule has 1 fully saturated rings. The third kappa shape index (κ3) is 3.72. The highest BCUT2D eigenvalue weighted by Crippen LogP contribution is 2.19. The van der Waals surface area contributed by atoms with Crippen molar-refractivity contribution < 1.29 is 9.32 Å². The van der Waals surface area contributed by atoms with Crippen molar-refractivity contribution in [3.8, 4) is 11.4 Å². The fraction of sp³-hybridized carbons (Fsp3) is 0.533. The lowest BCUT2D eigenvalue weighted by Crippen LogP contribution is -2.48. The van der Waals surface area contributed by atoms with Gasteiger partial charge >= 0.3 is 0 Å². The largest absolute Gasteiger partial charge is 0.353 e. The number of hydrogen-bond donors (Lipinski definition) is 2. The Bertz CT molecular complexity index is 611. The summed E-state index contributed by atoms with van der Waals surface area (Å²) in [5.74, 6) is 1.61. The summed E-state index contributed by atoms with van der Waals surface area (Å²) in [5.41, 5.74) is 0.952. The normalized spacial score (nSPS) is 21.7. The fourth-order valence-corrected chi connectivity index (χ4v) is 3.23. The van der Waals surface area contributed by atoms with E-state index in [9.17, 15) is 4.79 Å². The smallest absolute Gasteiger partial charge is 0.227 e. The maximum absolute atomic E-state index is 12.0. The molecule has 2 aromatic rings. The van der Waals surface area contributed by atoms with Crippen molar-refractivity contribution in [1.29, 1.82) is 0 Å². The molecule has 22 heavy (non-hydrogen) atoms. The van der Waals surface area contributed by atoms with E-state index in [1.165, 1.54) is 0 Å². The van der Waals surface area contributed by atoms with E-state index in [2.05, 4.69) is 27.7 Å². The number of carbonyl (C=O) groups is 1. The average Bonchev–Trinajstić information content (AvgIpc) is 3.18. The van der Waals surface area contributed by atoms with Crippen LogP contribution in [0.3, 0.4) is 0 Å². The number of piperidine rings is 1. The highest BCUT2D eigenvalue weighted by Gasteiger charge is 2.22. The van der Waals surface area contributed by atoms with Gasteiger partial charge in [0.15, 0.2) is 0 Å². The van der Waals surface area contributed by atoms with Crippen LogP contribution >= 0.6 is 11.3 Å². The van der Waals surface area contributed by atoms with Crippen LogP contribution in [-0.2, 0) is 11.2 Å². The van der Waals surface area contributed by atoms with E-state index in [4.69, 9.17) is 4.52 Å². The van der Waals surface area contributed by atoms with Crippen LogP contribution in [0.4, 0.5) is 0 Å². The Morgan fingerprint density at radius 2 is 2.50 bits per heavy atom. The van der Waals surface area contributed by atoms with E-state index in [0.717, 1.165) is 25.1 Å². The van der Waals surface area contributed by atoms with Crippen LogP contribution in [0.25, 0.3) is 11.4 Å². The zero-order valence-corrected chi connectivity index (χ0v) is 13.4. The highest BCUT2D eigenvalue weighted by molar-refractivity contribution is 7.08. The van der Waals surface area contributed by atoms with E-state index in [1.54, 1.807) is 11.3 Å². The molecule has 1 amide bonds. The summed E-state index contributed by atoms with van der Waals surface area (Å²) in [6.45, 7) is 4.07. The van der Waals surface area contributed by atoms with Crippen molar-refractivity contribution in [2.75, 3.05) is 13.1 Å². The van der Waals surface area contributed by atoms with E-state index >= 15 is 0 Å². The fourth-order valence-electron chi connectivity index (χ4n) is 2.59. The van der Waals surface area contributed by atoms with Gasteiger partial charge in [-0.1, -0.05) is 12.1 Å². The third-order valence-electron chi connectivity index (χ3n) is 3.95. The van der Waals surface area contributed by atoms with Crippen LogP contribution in [0.15, 0.2) is 21.3 Å². The van der Waals surface area contributed by atoms with Crippen molar-refractivity contribution in [2.24, 2.45) is 5.92 Å². The van der Waals surface area contributed by atoms with Crippen molar-refractivity contribution >= 4 is 17.2 Å². The monoisotopic (exact) mass is 320 g/mol. The molecule has 1 saturated heterocycles. The number of nitrogens with one attached hydrogen (secondary N) is 2. The van der Waals surface area contributed by atoms with Gasteiger partial charge in [0, 0.05) is 29.8 Å². The van der Waals surface area contributed by atoms with Gasteiger partial charge in [-0.25, -0.2) is 0 Å². The summed E-state index contributed by atoms with van der Waals surface area (Å²) in [4.78, 5) is 16.4. The molecule has 2 atom stereocenters. The van der Waals surface area contributed by atoms with Gasteiger partial charge < -0.3 is 15.2 Å². The number of hydrogen-bond acceptors (Lipinski definition) is 6. The minimum atomic E-state index is 0.0500. The molecule has 7 heteroatoms. The Kier molecular flexibility index (Phi) is 4.84. The average molecular weight is 320 g/mol. The van der Waals surface area contributed by atoms with Gasteiger partial charge in [0.2, 0.25) is 17.6 Å². The van der Waals surface area contributed by atoms with Gasteiger partial charge in [0.1, 0.15) is 0 Å². The second-order valence-corrected chi connectivity index (χ2v) is 6.45. The zero-order chi connectivity index (χ0) is 15.4. The van der Waals surface area contributed by atoms with Crippen molar-refractivity contribution in [1.82, 2.24) is 20.8 Å². The summed E-state index contributed by atoms with van der Waals surface area (Å²) in [7, 11) is 0. The van der Waals surface area contributed by atoms with Gasteiger partial charge in [-0.2, -0.15) is 16.3 Å². The molecule has 2 aromatic heterocycles. The molecule has 2 unspecified atom stereocenters. The quantitative estimate of drug-likeness (QED) is 0.879. The van der Waals surface area contributed by atoms with E-state index in [-0.39, 0.29) is 11.9 Å². The molecule has 1 aliphatic heterocycles. The number of amides is 1. The summed E-state index contributed by atoms with van der Waals surface area (Å²) >= 11 is 1.59. The number of nitrogens with zero attached hydrogens (tertiary/aromatic N) is 2. The van der Waals surface area contributed by atoms with E-state index in [1.807, 2.05) is 16.8 Å². The molecule has 0 aromatic carbocycles. The number of thiophene rings is 1. The molecule has 118 valence electrons. The molecular weight excluding hydrogens is 300 g/mol. The molecule has 0 aliphatic carbocycles. The lowest BCUT2D eigenvalue weighted by atomic mass is 9.95. The molecule has 0 bridgehead atoms. The molecule has 0 spiro atoms. The van der Waals surface area contributed by atoms with Crippen LogP contribution in [0, 0.1) is 5.92 Å². The zero-order valence-electron chi connectivity index (χ0n) is 12.5. The Balaban J connectivity index is 1.49. The minimum absolute atomic E-state index is 0.0500. The van der Waals surface area contributed by atoms with Gasteiger partial charge in [-0.05, 0) is 36.9 Å². The second-order valence-electron chi connectivity index (χ2n) is 5.67. The SMILES string of the molecule is CC1CNCCC1NC(=O)CCc1nc(-c2ccsc2)no1. The first kappa shape index (κ1) is 15.2.